The van der Waals surface area contributed by atoms with Crippen LogP contribution < -0.4 is 96.6 Å². The van der Waals surface area contributed by atoms with Gasteiger partial charge in [-0.25, -0.2) is 8.42 Å². The molecule has 63 heavy (non-hydrogen) atoms. The smallest absolute Gasteiger partial charge is 0.744 e. The number of aromatic nitrogens is 3. The quantitative estimate of drug-likeness (QED) is 0.0208. The molecule has 1 aromatic heterocycles. The van der Waals surface area contributed by atoms with E-state index in [0.29, 0.717) is 28.4 Å². The molecule has 0 atom stereocenters. The van der Waals surface area contributed by atoms with Crippen molar-refractivity contribution in [1.82, 2.24) is 15.0 Å². The molecule has 0 fully saturated rings. The molecule has 18 nitrogen and oxygen atoms in total. The number of para-hydroxylation sites is 1. The van der Waals surface area contributed by atoms with Crippen LogP contribution in [0.25, 0.3) is 0 Å². The summed E-state index contributed by atoms with van der Waals surface area (Å²) in [6.07, 6.45) is 3.58. The monoisotopic (exact) mass is 878 g/mol. The van der Waals surface area contributed by atoms with Crippen molar-refractivity contribution in [1.29, 1.82) is 0 Å². The average Bonchev–Trinajstić information content (AvgIpc) is 3.24. The Morgan fingerprint density at radius 1 is 0.619 bits per heavy atom. The predicted molar refractivity (Wildman–Crippen MR) is 223 cm³/mol. The molecule has 0 unspecified atom stereocenters. The summed E-state index contributed by atoms with van der Waals surface area (Å²) in [7, 11) is -5.16. The van der Waals surface area contributed by atoms with Gasteiger partial charge in [-0.3, -0.25) is 19.8 Å². The number of carboxylic acids is 1. The van der Waals surface area contributed by atoms with Gasteiger partial charge in [-0.1, -0.05) is 42.5 Å². The molecule has 2 aliphatic rings. The van der Waals surface area contributed by atoms with E-state index >= 15 is 0 Å². The van der Waals surface area contributed by atoms with Crippen molar-refractivity contribution in [2.75, 3.05) is 32.4 Å². The minimum absolute atomic E-state index is 0. The summed E-state index contributed by atoms with van der Waals surface area (Å²) in [6.45, 7) is 0. The van der Waals surface area contributed by atoms with Crippen molar-refractivity contribution in [2.24, 2.45) is 5.10 Å². The van der Waals surface area contributed by atoms with Gasteiger partial charge in [0.2, 0.25) is 17.8 Å². The number of nitrogen functional groups attached to an aromatic ring is 1. The first-order valence-electron chi connectivity index (χ1n) is 18.0. The summed E-state index contributed by atoms with van der Waals surface area (Å²) in [6, 6.07) is 29.5. The number of nitrogens with zero attached hydrogens (tertiary/aromatic N) is 4. The zero-order chi connectivity index (χ0) is 42.8. The number of carboxylic acid groups (broad SMARTS) is 1. The molecule has 0 amide bonds. The second-order valence-corrected chi connectivity index (χ2v) is 14.6. The molecule has 2 aliphatic carbocycles. The van der Waals surface area contributed by atoms with Gasteiger partial charge in [0.05, 0.1) is 44.8 Å². The minimum atomic E-state index is -5.16. The predicted octanol–water partition coefficient (Wildman–Crippen LogP) is -1.30. The average molecular weight is 879 g/mol. The van der Waals surface area contributed by atoms with E-state index in [1.807, 2.05) is 30.3 Å². The number of hydrogen-bond donors (Lipinski definition) is 6. The van der Waals surface area contributed by atoms with E-state index in [0.717, 1.165) is 18.2 Å². The maximum atomic E-state index is 13.7. The number of nitrogens with one attached hydrogen (secondary N) is 5. The summed E-state index contributed by atoms with van der Waals surface area (Å²) in [5.74, 6) is -3.06. The molecule has 1 heterocycles. The number of nitrogens with two attached hydrogens (primary N) is 1. The third kappa shape index (κ3) is 10.2. The number of hydrogen-bond acceptors (Lipinski definition) is 18. The first kappa shape index (κ1) is 46.0. The van der Waals surface area contributed by atoms with Crippen LogP contribution in [-0.2, 0) is 19.7 Å². The van der Waals surface area contributed by atoms with Crippen LogP contribution in [0.2, 0.25) is 0 Å². The Morgan fingerprint density at radius 2 is 1.08 bits per heavy atom. The number of aliphatic carboxylic acids is 1. The fraction of sp³-hybridized carbons (Fsp3) is 0. The number of allylic oxidation sites excluding steroid dienone is 3. The van der Waals surface area contributed by atoms with Gasteiger partial charge in [0.25, 0.3) is 0 Å². The zero-order valence-electron chi connectivity index (χ0n) is 33.2. The maximum Gasteiger partial charge on any atom is 1.00 e. The molecule has 8 rings (SSSR count). The minimum Gasteiger partial charge on any atom is -0.744 e. The van der Waals surface area contributed by atoms with E-state index < -0.39 is 49.6 Å². The number of carbonyl (C=O) groups excluding carboxylic acids is 4. The molecule has 5 aromatic carbocycles. The second kappa shape index (κ2) is 19.2. The van der Waals surface area contributed by atoms with E-state index in [1.165, 1.54) is 18.2 Å². The van der Waals surface area contributed by atoms with Gasteiger partial charge in [0, 0.05) is 39.4 Å². The van der Waals surface area contributed by atoms with Gasteiger partial charge in [-0.15, -0.1) is 0 Å². The van der Waals surface area contributed by atoms with Gasteiger partial charge < -0.3 is 41.5 Å². The number of fused-ring (bicyclic) bond motifs is 2. The van der Waals surface area contributed by atoms with Gasteiger partial charge >= 0.3 is 59.1 Å². The number of ketones is 3. The SMILES string of the molecule is Nc1c(S(=O)(=O)[O-])cc(Nc2ccc(Nc3nc(Nc4ccccc4)nc(Nc4ccc(NN=C5C=CC(=O)C(C(=O)[O-])=C5)cc4)n3)cc2)c2c1C(=O)c1ccccc1C2=O.[Na+].[Na+]. The molecule has 0 radical (unpaired) electrons. The van der Waals surface area contributed by atoms with Crippen LogP contribution in [0.15, 0.2) is 143 Å². The van der Waals surface area contributed by atoms with E-state index in [-0.39, 0.29) is 111 Å². The van der Waals surface area contributed by atoms with Crippen LogP contribution in [0, 0.1) is 0 Å². The third-order valence-electron chi connectivity index (χ3n) is 9.19. The van der Waals surface area contributed by atoms with Crippen molar-refractivity contribution >= 4 is 96.8 Å². The number of rotatable bonds is 12. The van der Waals surface area contributed by atoms with Gasteiger partial charge in [-0.05, 0) is 85.0 Å². The second-order valence-electron chi connectivity index (χ2n) is 13.3. The zero-order valence-corrected chi connectivity index (χ0v) is 38.0. The van der Waals surface area contributed by atoms with Gasteiger partial charge in [-0.2, -0.15) is 20.1 Å². The number of carbonyl (C=O) groups is 4. The molecule has 0 bridgehead atoms. The number of anilines is 10. The Morgan fingerprint density at radius 3 is 1.59 bits per heavy atom. The Kier molecular flexibility index (Phi) is 14.0. The first-order chi connectivity index (χ1) is 29.3. The van der Waals surface area contributed by atoms with Crippen LogP contribution >= 0.6 is 0 Å². The molecular formula is C42H28N10Na2O8S. The number of benzene rings is 5. The Balaban J connectivity index is 0.00000330. The molecule has 0 saturated heterocycles. The van der Waals surface area contributed by atoms with Gasteiger partial charge in [0.1, 0.15) is 10.1 Å². The standard InChI is InChI=1S/C42H30N10O8S.2Na/c43-36-33(61(58,59)60)21-31(34-35(36)38(55)29-9-5-4-8-28(29)37(34)54)44-23-10-12-24(13-11-23)46-41-48-40(45-22-6-2-1-3-7-22)49-42(50-41)47-25-14-16-26(17-15-25)51-52-27-18-19-32(53)30(20-27)39(56)57;;/h1-21,44,51H,43H2,(H,56,57)(H,58,59,60)(H3,45,46,47,48,49,50);;/q;2*+1/p-2. The fourth-order valence-corrected chi connectivity index (χ4v) is 6.98. The molecule has 7 N–H and O–H groups in total. The number of hydrazone groups is 1. The molecule has 6 aromatic rings. The van der Waals surface area contributed by atoms with Crippen LogP contribution in [-0.4, -0.2) is 57.0 Å². The van der Waals surface area contributed by atoms with Crippen LogP contribution in [0.4, 0.5) is 57.7 Å². The topological polar surface area (TPSA) is 286 Å². The molecule has 302 valence electrons. The first-order valence-corrected chi connectivity index (χ1v) is 19.4. The van der Waals surface area contributed by atoms with Crippen molar-refractivity contribution in [3.8, 4) is 0 Å². The van der Waals surface area contributed by atoms with E-state index in [4.69, 9.17) is 5.73 Å². The summed E-state index contributed by atoms with van der Waals surface area (Å²) in [5.41, 5.74) is 10.2. The van der Waals surface area contributed by atoms with Crippen LogP contribution in [0.3, 0.4) is 0 Å². The molecule has 0 saturated carbocycles. The largest absolute Gasteiger partial charge is 1.00 e. The van der Waals surface area contributed by atoms with Gasteiger partial charge in [0.15, 0.2) is 17.3 Å². The van der Waals surface area contributed by atoms with E-state index in [9.17, 15) is 37.3 Å². The fourth-order valence-electron chi connectivity index (χ4n) is 6.35. The van der Waals surface area contributed by atoms with Crippen molar-refractivity contribution < 1.29 is 96.4 Å². The Bertz CT molecular complexity index is 3020. The molecular weight excluding hydrogens is 851 g/mol. The van der Waals surface area contributed by atoms with Crippen molar-refractivity contribution in [3.63, 3.8) is 0 Å². The summed E-state index contributed by atoms with van der Waals surface area (Å²) < 4.78 is 36.7. The molecule has 0 aliphatic heterocycles. The van der Waals surface area contributed by atoms with E-state index in [1.54, 1.807) is 60.7 Å². The third-order valence-corrected chi connectivity index (χ3v) is 10.1. The summed E-state index contributed by atoms with van der Waals surface area (Å²) in [5, 5.41) is 27.7. The van der Waals surface area contributed by atoms with Crippen LogP contribution in [0.1, 0.15) is 31.8 Å². The van der Waals surface area contributed by atoms with E-state index in [2.05, 4.69) is 46.7 Å². The summed E-state index contributed by atoms with van der Waals surface area (Å²) >= 11 is 0. The van der Waals surface area contributed by atoms with Crippen molar-refractivity contribution in [3.05, 3.63) is 155 Å². The normalized spacial score (nSPS) is 13.4. The molecule has 21 heteroatoms. The summed E-state index contributed by atoms with van der Waals surface area (Å²) in [4.78, 5) is 62.9. The maximum absolute atomic E-state index is 13.7. The molecule has 0 spiro atoms. The Hall–Kier alpha value is -6.55. The van der Waals surface area contributed by atoms with Crippen LogP contribution in [0.5, 0.6) is 0 Å². The Labute approximate surface area is 402 Å². The van der Waals surface area contributed by atoms with Crippen molar-refractivity contribution in [2.45, 2.75) is 4.90 Å².